The summed E-state index contributed by atoms with van der Waals surface area (Å²) in [5.41, 5.74) is 4.23. The topological polar surface area (TPSA) is 15.3 Å². The third-order valence-electron chi connectivity index (χ3n) is 3.66. The monoisotopic (exact) mass is 232 g/mol. The van der Waals surface area contributed by atoms with Crippen LogP contribution in [0.3, 0.4) is 0 Å². The lowest BCUT2D eigenvalue weighted by Gasteiger charge is -2.27. The summed E-state index contributed by atoms with van der Waals surface area (Å²) >= 11 is 0. The lowest BCUT2D eigenvalue weighted by Crippen LogP contribution is -2.28. The van der Waals surface area contributed by atoms with Crippen molar-refractivity contribution in [2.24, 2.45) is 0 Å². The molecule has 0 saturated carbocycles. The molecule has 17 heavy (non-hydrogen) atoms. The molecule has 1 fully saturated rings. The fourth-order valence-corrected chi connectivity index (χ4v) is 2.69. The molecule has 0 aromatic heterocycles. The second-order valence-electron chi connectivity index (χ2n) is 5.10. The lowest BCUT2D eigenvalue weighted by molar-refractivity contribution is 0.705. The van der Waals surface area contributed by atoms with Gasteiger partial charge in [-0.15, -0.1) is 0 Å². The van der Waals surface area contributed by atoms with Crippen molar-refractivity contribution < 1.29 is 0 Å². The lowest BCUT2D eigenvalue weighted by atomic mass is 10.1. The highest BCUT2D eigenvalue weighted by Gasteiger charge is 2.22. The van der Waals surface area contributed by atoms with Crippen LogP contribution in [0.4, 0.5) is 5.69 Å². The van der Waals surface area contributed by atoms with Crippen LogP contribution in [0.2, 0.25) is 0 Å². The van der Waals surface area contributed by atoms with Crippen LogP contribution in [0.15, 0.2) is 18.2 Å². The Morgan fingerprint density at radius 1 is 1.41 bits per heavy atom. The quantitative estimate of drug-likeness (QED) is 0.858. The van der Waals surface area contributed by atoms with Crippen molar-refractivity contribution in [3.8, 4) is 0 Å². The average Bonchev–Trinajstić information content (AvgIpc) is 2.73. The van der Waals surface area contributed by atoms with E-state index in [9.17, 15) is 0 Å². The molecule has 1 atom stereocenters. The number of nitrogens with zero attached hydrogens (tertiary/aromatic N) is 1. The molecule has 2 rings (SSSR count). The molecule has 0 bridgehead atoms. The molecule has 0 spiro atoms. The van der Waals surface area contributed by atoms with E-state index in [1.807, 2.05) is 0 Å². The van der Waals surface area contributed by atoms with Crippen LogP contribution >= 0.6 is 0 Å². The van der Waals surface area contributed by atoms with Gasteiger partial charge in [0.2, 0.25) is 0 Å². The molecule has 2 nitrogen and oxygen atoms in total. The van der Waals surface area contributed by atoms with E-state index in [2.05, 4.69) is 49.2 Å². The first-order valence-electron chi connectivity index (χ1n) is 6.79. The average molecular weight is 232 g/mol. The molecule has 1 aromatic rings. The summed E-state index contributed by atoms with van der Waals surface area (Å²) in [5.74, 6) is 0. The van der Waals surface area contributed by atoms with Gasteiger partial charge in [0.25, 0.3) is 0 Å². The Morgan fingerprint density at radius 2 is 2.24 bits per heavy atom. The minimum Gasteiger partial charge on any atom is -0.369 e. The molecule has 1 N–H and O–H groups in total. The molecule has 1 aromatic carbocycles. The number of rotatable bonds is 4. The third kappa shape index (κ3) is 2.81. The summed E-state index contributed by atoms with van der Waals surface area (Å²) in [6.45, 7) is 9.90. The van der Waals surface area contributed by atoms with E-state index in [1.165, 1.54) is 36.2 Å². The summed E-state index contributed by atoms with van der Waals surface area (Å²) in [6.07, 6.45) is 2.66. The maximum absolute atomic E-state index is 3.44. The van der Waals surface area contributed by atoms with Gasteiger partial charge in [0.05, 0.1) is 0 Å². The Labute approximate surface area is 105 Å². The second kappa shape index (κ2) is 5.54. The minimum absolute atomic E-state index is 0.693. The molecule has 94 valence electrons. The first-order chi connectivity index (χ1) is 8.22. The fraction of sp³-hybridized carbons (Fsp3) is 0.600. The normalized spacial score (nSPS) is 19.9. The third-order valence-corrected chi connectivity index (χ3v) is 3.66. The zero-order chi connectivity index (χ0) is 12.3. The molecule has 1 aliphatic heterocycles. The highest BCUT2D eigenvalue weighted by atomic mass is 15.2. The summed E-state index contributed by atoms with van der Waals surface area (Å²) < 4.78 is 0. The fourth-order valence-electron chi connectivity index (χ4n) is 2.69. The SMILES string of the molecule is CCNCc1cc(C)ccc1N1CCCC1C. The molecule has 1 unspecified atom stereocenters. The van der Waals surface area contributed by atoms with Gasteiger partial charge in [0, 0.05) is 24.8 Å². The molecule has 1 aliphatic rings. The highest BCUT2D eigenvalue weighted by molar-refractivity contribution is 5.56. The van der Waals surface area contributed by atoms with E-state index in [0.29, 0.717) is 6.04 Å². The Balaban J connectivity index is 2.25. The smallest absolute Gasteiger partial charge is 0.0414 e. The maximum atomic E-state index is 3.44. The molecular formula is C15H24N2. The summed E-state index contributed by atoms with van der Waals surface area (Å²) in [4.78, 5) is 2.56. The molecule has 0 aliphatic carbocycles. The van der Waals surface area contributed by atoms with Crippen LogP contribution in [0.1, 0.15) is 37.8 Å². The number of nitrogens with one attached hydrogen (secondary N) is 1. The number of anilines is 1. The highest BCUT2D eigenvalue weighted by Crippen LogP contribution is 2.29. The molecule has 1 heterocycles. The van der Waals surface area contributed by atoms with Crippen LogP contribution < -0.4 is 10.2 Å². The first-order valence-corrected chi connectivity index (χ1v) is 6.79. The van der Waals surface area contributed by atoms with Gasteiger partial charge in [-0.3, -0.25) is 0 Å². The number of aryl methyl sites for hydroxylation is 1. The van der Waals surface area contributed by atoms with Gasteiger partial charge < -0.3 is 10.2 Å². The largest absolute Gasteiger partial charge is 0.369 e. The van der Waals surface area contributed by atoms with Crippen molar-refractivity contribution >= 4 is 5.69 Å². The minimum atomic E-state index is 0.693. The molecule has 2 heteroatoms. The zero-order valence-electron chi connectivity index (χ0n) is 11.3. The van der Waals surface area contributed by atoms with Gasteiger partial charge >= 0.3 is 0 Å². The van der Waals surface area contributed by atoms with Gasteiger partial charge in [0.1, 0.15) is 0 Å². The van der Waals surface area contributed by atoms with Crippen LogP contribution in [-0.2, 0) is 6.54 Å². The first kappa shape index (κ1) is 12.4. The van der Waals surface area contributed by atoms with Gasteiger partial charge in [0.15, 0.2) is 0 Å². The number of benzene rings is 1. The predicted molar refractivity (Wildman–Crippen MR) is 74.6 cm³/mol. The number of hydrogen-bond donors (Lipinski definition) is 1. The van der Waals surface area contributed by atoms with E-state index in [1.54, 1.807) is 0 Å². The van der Waals surface area contributed by atoms with Crippen molar-refractivity contribution in [3.63, 3.8) is 0 Å². The van der Waals surface area contributed by atoms with E-state index >= 15 is 0 Å². The predicted octanol–water partition coefficient (Wildman–Crippen LogP) is 3.09. The van der Waals surface area contributed by atoms with Crippen molar-refractivity contribution in [1.29, 1.82) is 0 Å². The van der Waals surface area contributed by atoms with Crippen molar-refractivity contribution in [2.45, 2.75) is 46.2 Å². The Bertz CT molecular complexity index is 373. The maximum Gasteiger partial charge on any atom is 0.0414 e. The van der Waals surface area contributed by atoms with Crippen molar-refractivity contribution in [2.75, 3.05) is 18.0 Å². The van der Waals surface area contributed by atoms with Crippen LogP contribution in [0.25, 0.3) is 0 Å². The van der Waals surface area contributed by atoms with Crippen LogP contribution in [0, 0.1) is 6.92 Å². The molecular weight excluding hydrogens is 208 g/mol. The Morgan fingerprint density at radius 3 is 2.88 bits per heavy atom. The van der Waals surface area contributed by atoms with Gasteiger partial charge in [-0.1, -0.05) is 24.6 Å². The Hall–Kier alpha value is -1.02. The summed E-state index contributed by atoms with van der Waals surface area (Å²) in [5, 5.41) is 3.44. The van der Waals surface area contributed by atoms with Crippen molar-refractivity contribution in [1.82, 2.24) is 5.32 Å². The standard InChI is InChI=1S/C15H24N2/c1-4-16-11-14-10-12(2)7-8-15(14)17-9-5-6-13(17)3/h7-8,10,13,16H,4-6,9,11H2,1-3H3. The molecule has 0 amide bonds. The Kier molecular flexibility index (Phi) is 4.06. The van der Waals surface area contributed by atoms with E-state index in [0.717, 1.165) is 13.1 Å². The van der Waals surface area contributed by atoms with E-state index < -0.39 is 0 Å². The van der Waals surface area contributed by atoms with Crippen LogP contribution in [-0.4, -0.2) is 19.1 Å². The van der Waals surface area contributed by atoms with Crippen molar-refractivity contribution in [3.05, 3.63) is 29.3 Å². The molecule has 0 radical (unpaired) electrons. The molecule has 1 saturated heterocycles. The van der Waals surface area contributed by atoms with Gasteiger partial charge in [-0.05, 0) is 44.9 Å². The second-order valence-corrected chi connectivity index (χ2v) is 5.10. The van der Waals surface area contributed by atoms with E-state index in [-0.39, 0.29) is 0 Å². The van der Waals surface area contributed by atoms with E-state index in [4.69, 9.17) is 0 Å². The zero-order valence-corrected chi connectivity index (χ0v) is 11.3. The van der Waals surface area contributed by atoms with Crippen LogP contribution in [0.5, 0.6) is 0 Å². The van der Waals surface area contributed by atoms with Gasteiger partial charge in [-0.25, -0.2) is 0 Å². The van der Waals surface area contributed by atoms with Gasteiger partial charge in [-0.2, -0.15) is 0 Å². The summed E-state index contributed by atoms with van der Waals surface area (Å²) in [6, 6.07) is 7.54. The number of hydrogen-bond acceptors (Lipinski definition) is 2. The summed E-state index contributed by atoms with van der Waals surface area (Å²) in [7, 11) is 0.